The Morgan fingerprint density at radius 2 is 1.72 bits per heavy atom. The molecule has 0 atom stereocenters. The third-order valence-electron chi connectivity index (χ3n) is 3.89. The van der Waals surface area contributed by atoms with Crippen molar-refractivity contribution < 1.29 is 24.1 Å². The fraction of sp³-hybridized carbons (Fsp3) is 0.316. The number of hydrogen-bond acceptors (Lipinski definition) is 5. The third kappa shape index (κ3) is 3.91. The molecule has 25 heavy (non-hydrogen) atoms. The van der Waals surface area contributed by atoms with Crippen molar-refractivity contribution in [1.82, 2.24) is 0 Å². The predicted octanol–water partition coefficient (Wildman–Crippen LogP) is 4.08. The first-order valence-electron chi connectivity index (χ1n) is 7.72. The van der Waals surface area contributed by atoms with Gasteiger partial charge in [-0.3, -0.25) is 0 Å². The van der Waals surface area contributed by atoms with E-state index in [4.69, 9.17) is 14.2 Å². The normalized spacial score (nSPS) is 11.6. The lowest BCUT2D eigenvalue weighted by Gasteiger charge is -2.18. The zero-order valence-corrected chi connectivity index (χ0v) is 15.6. The van der Waals surface area contributed by atoms with Crippen LogP contribution in [0.15, 0.2) is 34.7 Å². The lowest BCUT2D eigenvalue weighted by molar-refractivity contribution is -0.132. The smallest absolute Gasteiger partial charge is 0.331 e. The lowest BCUT2D eigenvalue weighted by atomic mass is 10.0. The van der Waals surface area contributed by atoms with E-state index in [1.54, 1.807) is 27.4 Å². The largest absolute Gasteiger partial charge is 0.495 e. The zero-order chi connectivity index (χ0) is 18.4. The Balaban J connectivity index is 2.82. The minimum absolute atomic E-state index is 0.257. The van der Waals surface area contributed by atoms with Gasteiger partial charge in [0.15, 0.2) is 0 Å². The van der Waals surface area contributed by atoms with Crippen molar-refractivity contribution >= 4 is 34.6 Å². The molecule has 0 radical (unpaired) electrons. The number of carbonyl (C=O) groups is 1. The van der Waals surface area contributed by atoms with Gasteiger partial charge in [-0.25, -0.2) is 4.79 Å². The summed E-state index contributed by atoms with van der Waals surface area (Å²) in [5, 5.41) is 11.3. The monoisotopic (exact) mass is 362 g/mol. The molecule has 2 aromatic carbocycles. The molecule has 0 heterocycles. The third-order valence-corrected chi connectivity index (χ3v) is 4.71. The Morgan fingerprint density at radius 3 is 2.20 bits per heavy atom. The van der Waals surface area contributed by atoms with Crippen molar-refractivity contribution in [2.75, 3.05) is 34.2 Å². The number of ether oxygens (including phenoxy) is 3. The maximum Gasteiger partial charge on any atom is 0.331 e. The number of carboxylic acid groups (broad SMARTS) is 1. The van der Waals surface area contributed by atoms with Crippen LogP contribution in [0, 0.1) is 0 Å². The first-order valence-corrected chi connectivity index (χ1v) is 8.94. The van der Waals surface area contributed by atoms with Gasteiger partial charge in [0.2, 0.25) is 0 Å². The van der Waals surface area contributed by atoms with Gasteiger partial charge in [0.1, 0.15) is 11.5 Å². The van der Waals surface area contributed by atoms with Crippen LogP contribution < -0.4 is 9.47 Å². The highest BCUT2D eigenvalue weighted by Crippen LogP contribution is 2.45. The van der Waals surface area contributed by atoms with E-state index in [1.807, 2.05) is 30.5 Å². The number of fused-ring (bicyclic) bond motifs is 1. The summed E-state index contributed by atoms with van der Waals surface area (Å²) in [7, 11) is 4.75. The van der Waals surface area contributed by atoms with E-state index >= 15 is 0 Å². The highest BCUT2D eigenvalue weighted by molar-refractivity contribution is 7.98. The first kappa shape index (κ1) is 19.1. The summed E-state index contributed by atoms with van der Waals surface area (Å²) >= 11 is 1.49. The molecule has 0 saturated heterocycles. The van der Waals surface area contributed by atoms with Gasteiger partial charge in [0.05, 0.1) is 25.7 Å². The molecule has 0 aliphatic heterocycles. The Kier molecular flexibility index (Phi) is 6.73. The minimum Gasteiger partial charge on any atom is -0.495 e. The quantitative estimate of drug-likeness (QED) is 0.564. The van der Waals surface area contributed by atoms with Gasteiger partial charge in [0.25, 0.3) is 0 Å². The SMILES string of the molecule is COCC/C(=C\c1c(SC)c(OC)c2ccccc2c1OC)C(=O)O. The average Bonchev–Trinajstić information content (AvgIpc) is 2.63. The number of benzene rings is 2. The van der Waals surface area contributed by atoms with E-state index in [1.165, 1.54) is 11.8 Å². The molecular formula is C19H22O5S. The summed E-state index contributed by atoms with van der Waals surface area (Å²) < 4.78 is 16.3. The lowest BCUT2D eigenvalue weighted by Crippen LogP contribution is -2.05. The second-order valence-corrected chi connectivity index (χ2v) is 6.09. The van der Waals surface area contributed by atoms with Crippen molar-refractivity contribution in [3.63, 3.8) is 0 Å². The first-order chi connectivity index (χ1) is 12.1. The molecule has 2 aromatic rings. The van der Waals surface area contributed by atoms with Gasteiger partial charge in [-0.15, -0.1) is 11.8 Å². The summed E-state index contributed by atoms with van der Waals surface area (Å²) in [4.78, 5) is 12.5. The van der Waals surface area contributed by atoms with Crippen molar-refractivity contribution in [3.8, 4) is 11.5 Å². The molecule has 0 aromatic heterocycles. The molecule has 5 nitrogen and oxygen atoms in total. The van der Waals surface area contributed by atoms with Crippen LogP contribution in [0.4, 0.5) is 0 Å². The van der Waals surface area contributed by atoms with Gasteiger partial charge < -0.3 is 19.3 Å². The predicted molar refractivity (Wildman–Crippen MR) is 101 cm³/mol. The van der Waals surface area contributed by atoms with E-state index in [0.29, 0.717) is 30.1 Å². The van der Waals surface area contributed by atoms with Crippen LogP contribution in [0.5, 0.6) is 11.5 Å². The van der Waals surface area contributed by atoms with Gasteiger partial charge in [-0.1, -0.05) is 24.3 Å². The summed E-state index contributed by atoms with van der Waals surface area (Å²) in [6, 6.07) is 7.76. The van der Waals surface area contributed by atoms with Crippen LogP contribution in [-0.4, -0.2) is 45.3 Å². The molecule has 0 saturated carbocycles. The summed E-state index contributed by atoms with van der Waals surface area (Å²) in [5.41, 5.74) is 0.965. The van der Waals surface area contributed by atoms with Crippen molar-refractivity contribution in [2.45, 2.75) is 11.3 Å². The van der Waals surface area contributed by atoms with Crippen LogP contribution >= 0.6 is 11.8 Å². The number of aliphatic carboxylic acids is 1. The Labute approximate surface area is 151 Å². The van der Waals surface area contributed by atoms with Crippen LogP contribution in [0.1, 0.15) is 12.0 Å². The van der Waals surface area contributed by atoms with Crippen LogP contribution in [0.3, 0.4) is 0 Å². The topological polar surface area (TPSA) is 65.0 Å². The van der Waals surface area contributed by atoms with Gasteiger partial charge in [0, 0.05) is 35.4 Å². The second kappa shape index (κ2) is 8.78. The van der Waals surface area contributed by atoms with E-state index in [2.05, 4.69) is 0 Å². The molecule has 0 amide bonds. The van der Waals surface area contributed by atoms with Crippen molar-refractivity contribution in [2.24, 2.45) is 0 Å². The maximum absolute atomic E-state index is 11.6. The summed E-state index contributed by atoms with van der Waals surface area (Å²) in [5.74, 6) is 0.377. The summed E-state index contributed by atoms with van der Waals surface area (Å²) in [6.07, 6.45) is 3.89. The number of hydrogen-bond donors (Lipinski definition) is 1. The van der Waals surface area contributed by atoms with Gasteiger partial charge >= 0.3 is 5.97 Å². The fourth-order valence-corrected chi connectivity index (χ4v) is 3.51. The highest BCUT2D eigenvalue weighted by Gasteiger charge is 2.20. The number of rotatable bonds is 8. The minimum atomic E-state index is -0.974. The standard InChI is InChI=1S/C19H22O5S/c1-22-10-9-12(19(20)21)11-15-16(23-2)13-7-5-6-8-14(13)17(24-3)18(15)25-4/h5-8,11H,9-10H2,1-4H3,(H,20,21)/b12-11+. The van der Waals surface area contributed by atoms with Crippen LogP contribution in [-0.2, 0) is 9.53 Å². The molecule has 134 valence electrons. The summed E-state index contributed by atoms with van der Waals surface area (Å²) in [6.45, 7) is 0.333. The average molecular weight is 362 g/mol. The molecule has 0 spiro atoms. The van der Waals surface area contributed by atoms with E-state index < -0.39 is 5.97 Å². The van der Waals surface area contributed by atoms with Crippen molar-refractivity contribution in [1.29, 1.82) is 0 Å². The van der Waals surface area contributed by atoms with Crippen molar-refractivity contribution in [3.05, 3.63) is 35.4 Å². The molecule has 0 bridgehead atoms. The van der Waals surface area contributed by atoms with E-state index in [0.717, 1.165) is 15.7 Å². The molecule has 1 N–H and O–H groups in total. The number of thioether (sulfide) groups is 1. The van der Waals surface area contributed by atoms with Gasteiger partial charge in [-0.2, -0.15) is 0 Å². The molecule has 2 rings (SSSR count). The number of carboxylic acids is 1. The Bertz CT molecular complexity index is 798. The molecule has 0 aliphatic rings. The van der Waals surface area contributed by atoms with Crippen LogP contribution in [0.25, 0.3) is 16.8 Å². The van der Waals surface area contributed by atoms with E-state index in [-0.39, 0.29) is 5.57 Å². The Morgan fingerprint density at radius 1 is 1.12 bits per heavy atom. The van der Waals surface area contributed by atoms with Crippen LogP contribution in [0.2, 0.25) is 0 Å². The zero-order valence-electron chi connectivity index (χ0n) is 14.8. The second-order valence-electron chi connectivity index (χ2n) is 5.28. The van der Waals surface area contributed by atoms with Gasteiger partial charge in [-0.05, 0) is 12.3 Å². The molecule has 0 unspecified atom stereocenters. The molecular weight excluding hydrogens is 340 g/mol. The Hall–Kier alpha value is -2.18. The van der Waals surface area contributed by atoms with E-state index in [9.17, 15) is 9.90 Å². The molecule has 6 heteroatoms. The number of methoxy groups -OCH3 is 3. The fourth-order valence-electron chi connectivity index (χ4n) is 2.76. The highest BCUT2D eigenvalue weighted by atomic mass is 32.2. The molecule has 0 aliphatic carbocycles. The maximum atomic E-state index is 11.6. The molecule has 0 fully saturated rings.